The predicted octanol–water partition coefficient (Wildman–Crippen LogP) is 6.92. The number of sulfonamides is 1. The number of methoxy groups -OCH3 is 1. The first-order valence-corrected chi connectivity index (χ1v) is 19.0. The monoisotopic (exact) mass is 673 g/mol. The standard InChI is InChI=1S/C40H51NO6S/c1-29-10-8-22-39(2)37(21-23-40(39,44)28-41(48(4,45)46)24-9-25-47-3)35-20-14-30(26-34(42)19-13-29)27-36(35)38(43)33-17-15-32(16-18-33)31-11-6-5-7-12-31/h5-7,10-12,14-18,20,27,34,37,42,44H,8-9,13,19,21-26,28H2,1-4H3/t34-,37-,39-,40+/m0/s1. The summed E-state index contributed by atoms with van der Waals surface area (Å²) in [6, 6.07) is 23.7. The van der Waals surface area contributed by atoms with E-state index in [9.17, 15) is 23.4 Å². The molecule has 0 radical (unpaired) electrons. The van der Waals surface area contributed by atoms with E-state index in [-0.39, 0.29) is 24.8 Å². The molecule has 0 amide bonds. The molecule has 1 saturated carbocycles. The molecule has 0 aliphatic heterocycles. The molecule has 3 aliphatic carbocycles. The Morgan fingerprint density at radius 1 is 1.00 bits per heavy atom. The Morgan fingerprint density at radius 2 is 1.71 bits per heavy atom. The number of rotatable bonds is 10. The third kappa shape index (κ3) is 8.01. The lowest BCUT2D eigenvalue weighted by molar-refractivity contribution is -0.0726. The maximum atomic E-state index is 14.4. The molecule has 0 saturated heterocycles. The maximum absolute atomic E-state index is 14.4. The third-order valence-corrected chi connectivity index (χ3v) is 12.1. The Balaban J connectivity index is 1.58. The quantitative estimate of drug-likeness (QED) is 0.138. The molecule has 1 fully saturated rings. The summed E-state index contributed by atoms with van der Waals surface area (Å²) < 4.78 is 32.6. The first kappa shape index (κ1) is 36.1. The van der Waals surface area contributed by atoms with Gasteiger partial charge in [0, 0.05) is 43.3 Å². The van der Waals surface area contributed by atoms with E-state index >= 15 is 0 Å². The molecule has 6 rings (SSSR count). The SMILES string of the molecule is COCCCN(C[C@]1(O)CC[C@H]2c3ccc(cc3C(=O)c3ccc(-c4ccccc4)cc3)C[C@@H](O)CCC(C)=CCC[C@@]21C)S(C)(=O)=O. The molecule has 3 aromatic carbocycles. The number of allylic oxidation sites excluding steroid dienone is 2. The van der Waals surface area contributed by atoms with Gasteiger partial charge >= 0.3 is 0 Å². The average Bonchev–Trinajstić information content (AvgIpc) is 3.32. The predicted molar refractivity (Wildman–Crippen MR) is 192 cm³/mol. The summed E-state index contributed by atoms with van der Waals surface area (Å²) in [6.07, 6.45) is 7.53. The molecule has 0 spiro atoms. The van der Waals surface area contributed by atoms with Crippen molar-refractivity contribution in [1.82, 2.24) is 4.31 Å². The topological polar surface area (TPSA) is 104 Å². The van der Waals surface area contributed by atoms with Gasteiger partial charge in [-0.25, -0.2) is 8.42 Å². The van der Waals surface area contributed by atoms with E-state index in [1.807, 2.05) is 72.8 Å². The number of nitrogens with zero attached hydrogens (tertiary/aromatic N) is 1. The van der Waals surface area contributed by atoms with E-state index in [0.29, 0.717) is 62.7 Å². The van der Waals surface area contributed by atoms with Crippen LogP contribution in [0.1, 0.15) is 91.8 Å². The van der Waals surface area contributed by atoms with Crippen LogP contribution >= 0.6 is 0 Å². The molecule has 2 N–H and O–H groups in total. The zero-order chi connectivity index (χ0) is 34.5. The second-order valence-corrected chi connectivity index (χ2v) is 16.1. The number of hydrogen-bond donors (Lipinski definition) is 2. The van der Waals surface area contributed by atoms with Crippen molar-refractivity contribution in [1.29, 1.82) is 0 Å². The van der Waals surface area contributed by atoms with E-state index in [1.165, 1.54) is 16.1 Å². The molecule has 0 aromatic heterocycles. The number of carbonyl (C=O) groups is 1. The summed E-state index contributed by atoms with van der Waals surface area (Å²) in [5.41, 5.74) is 4.15. The second kappa shape index (κ2) is 15.2. The van der Waals surface area contributed by atoms with Crippen molar-refractivity contribution < 1.29 is 28.2 Å². The van der Waals surface area contributed by atoms with Crippen molar-refractivity contribution in [3.8, 4) is 11.1 Å². The molecular formula is C40H51NO6S. The molecule has 2 bridgehead atoms. The Bertz CT molecular complexity index is 1700. The van der Waals surface area contributed by atoms with Gasteiger partial charge in [0.25, 0.3) is 0 Å². The van der Waals surface area contributed by atoms with Crippen molar-refractivity contribution in [2.75, 3.05) is 33.1 Å². The molecule has 7 nitrogen and oxygen atoms in total. The fraction of sp³-hybridized carbons (Fsp3) is 0.475. The highest BCUT2D eigenvalue weighted by Gasteiger charge is 2.57. The maximum Gasteiger partial charge on any atom is 0.211 e. The fourth-order valence-corrected chi connectivity index (χ4v) is 8.74. The number of aliphatic hydroxyl groups is 2. The van der Waals surface area contributed by atoms with Crippen LogP contribution < -0.4 is 0 Å². The lowest BCUT2D eigenvalue weighted by atomic mass is 9.64. The second-order valence-electron chi connectivity index (χ2n) is 14.2. The zero-order valence-corrected chi connectivity index (χ0v) is 29.6. The summed E-state index contributed by atoms with van der Waals surface area (Å²) >= 11 is 0. The lowest BCUT2D eigenvalue weighted by Crippen LogP contribution is -2.53. The normalized spacial score (nSPS) is 25.0. The van der Waals surface area contributed by atoms with Crippen molar-refractivity contribution >= 4 is 15.8 Å². The van der Waals surface area contributed by atoms with Gasteiger partial charge in [-0.05, 0) is 92.5 Å². The van der Waals surface area contributed by atoms with Crippen LogP contribution in [0.3, 0.4) is 0 Å². The van der Waals surface area contributed by atoms with Crippen LogP contribution in [0, 0.1) is 5.41 Å². The van der Waals surface area contributed by atoms with Crippen LogP contribution in [0.2, 0.25) is 0 Å². The van der Waals surface area contributed by atoms with Gasteiger partial charge in [0.1, 0.15) is 0 Å². The van der Waals surface area contributed by atoms with Crippen LogP contribution in [0.4, 0.5) is 0 Å². The highest BCUT2D eigenvalue weighted by molar-refractivity contribution is 7.88. The van der Waals surface area contributed by atoms with Crippen LogP contribution in [-0.2, 0) is 21.2 Å². The summed E-state index contributed by atoms with van der Waals surface area (Å²) in [5, 5.41) is 23.5. The van der Waals surface area contributed by atoms with E-state index < -0.39 is 27.1 Å². The van der Waals surface area contributed by atoms with Gasteiger partial charge in [0.15, 0.2) is 5.78 Å². The number of ether oxygens (including phenoxy) is 1. The molecule has 3 aliphatic rings. The molecule has 0 unspecified atom stereocenters. The molecule has 0 heterocycles. The van der Waals surface area contributed by atoms with Gasteiger partial charge in [0.2, 0.25) is 10.0 Å². The molecule has 8 heteroatoms. The van der Waals surface area contributed by atoms with Gasteiger partial charge < -0.3 is 14.9 Å². The zero-order valence-electron chi connectivity index (χ0n) is 28.8. The van der Waals surface area contributed by atoms with Gasteiger partial charge in [-0.1, -0.05) is 85.3 Å². The molecule has 48 heavy (non-hydrogen) atoms. The van der Waals surface area contributed by atoms with E-state index in [4.69, 9.17) is 4.74 Å². The number of fused-ring (bicyclic) bond motifs is 8. The van der Waals surface area contributed by atoms with E-state index in [2.05, 4.69) is 19.9 Å². The minimum Gasteiger partial charge on any atom is -0.393 e. The van der Waals surface area contributed by atoms with Gasteiger partial charge in [-0.2, -0.15) is 4.31 Å². The molecular weight excluding hydrogens is 623 g/mol. The van der Waals surface area contributed by atoms with Gasteiger partial charge in [-0.15, -0.1) is 0 Å². The van der Waals surface area contributed by atoms with E-state index in [0.717, 1.165) is 28.7 Å². The molecule has 3 aromatic rings. The number of ketones is 1. The number of aliphatic hydroxyl groups excluding tert-OH is 1. The Hall–Kier alpha value is -3.14. The Kier molecular flexibility index (Phi) is 11.4. The largest absolute Gasteiger partial charge is 0.393 e. The van der Waals surface area contributed by atoms with Gasteiger partial charge in [0.05, 0.1) is 18.0 Å². The van der Waals surface area contributed by atoms with Crippen molar-refractivity contribution in [2.45, 2.75) is 82.8 Å². The summed E-state index contributed by atoms with van der Waals surface area (Å²) in [4.78, 5) is 14.4. The van der Waals surface area contributed by atoms with Crippen LogP contribution in [0.25, 0.3) is 11.1 Å². The van der Waals surface area contributed by atoms with Crippen LogP contribution in [-0.4, -0.2) is 73.5 Å². The highest BCUT2D eigenvalue weighted by Crippen LogP contribution is 2.59. The average molecular weight is 674 g/mol. The molecule has 258 valence electrons. The smallest absolute Gasteiger partial charge is 0.211 e. The van der Waals surface area contributed by atoms with Gasteiger partial charge in [-0.3, -0.25) is 4.79 Å². The lowest BCUT2D eigenvalue weighted by Gasteiger charge is -2.45. The highest BCUT2D eigenvalue weighted by atomic mass is 32.2. The minimum absolute atomic E-state index is 0.0141. The molecule has 4 atom stereocenters. The first-order valence-electron chi connectivity index (χ1n) is 17.2. The van der Waals surface area contributed by atoms with Crippen molar-refractivity contribution in [3.63, 3.8) is 0 Å². The van der Waals surface area contributed by atoms with Crippen molar-refractivity contribution in [2.24, 2.45) is 5.41 Å². The Labute approximate surface area is 286 Å². The van der Waals surface area contributed by atoms with Crippen LogP contribution in [0.15, 0.2) is 84.4 Å². The number of benzene rings is 3. The minimum atomic E-state index is -3.60. The third-order valence-electron chi connectivity index (χ3n) is 10.8. The van der Waals surface area contributed by atoms with Crippen molar-refractivity contribution in [3.05, 3.63) is 107 Å². The number of hydrogen-bond acceptors (Lipinski definition) is 6. The van der Waals surface area contributed by atoms with Crippen LogP contribution in [0.5, 0.6) is 0 Å². The summed E-state index contributed by atoms with van der Waals surface area (Å²) in [6.45, 7) is 4.82. The summed E-state index contributed by atoms with van der Waals surface area (Å²) in [7, 11) is -2.01. The Morgan fingerprint density at radius 3 is 2.40 bits per heavy atom. The number of carbonyl (C=O) groups excluding carboxylic acids is 1. The summed E-state index contributed by atoms with van der Waals surface area (Å²) in [5.74, 6) is -0.292. The van der Waals surface area contributed by atoms with E-state index in [1.54, 1.807) is 7.11 Å². The fourth-order valence-electron chi connectivity index (χ4n) is 7.84. The first-order chi connectivity index (χ1) is 22.8.